The Kier molecular flexibility index (Phi) is 37.3. The first-order valence-corrected chi connectivity index (χ1v) is 38.4. The number of carbonyl (C=O) groups is 1. The molecule has 0 saturated carbocycles. The van der Waals surface area contributed by atoms with Gasteiger partial charge in [-0.1, -0.05) is 100 Å². The summed E-state index contributed by atoms with van der Waals surface area (Å²) in [6.07, 6.45) is -11.6. The topological polar surface area (TPSA) is 137 Å². The number of ketones is 1. The molecular weight excluding hydrogens is 1860 g/mol. The molecule has 2 N–H and O–H groups in total. The largest absolute Gasteiger partial charge is 1.00 e. The summed E-state index contributed by atoms with van der Waals surface area (Å²) in [7, 11) is 5.33. The predicted octanol–water partition coefficient (Wildman–Crippen LogP) is 19.8. The summed E-state index contributed by atoms with van der Waals surface area (Å²) in [4.78, 5) is 36.3. The first-order valence-electron chi connectivity index (χ1n) is 28.9. The number of benzene rings is 6. The van der Waals surface area contributed by atoms with Gasteiger partial charge in [-0.2, -0.15) is 90.8 Å². The molecule has 0 radical (unpaired) electrons. The first-order chi connectivity index (χ1) is 48.3. The molecule has 37 heteroatoms. The number of ether oxygens (including phenoxy) is 1. The molecule has 0 spiro atoms. The Morgan fingerprint density at radius 1 is 0.534 bits per heavy atom. The number of H-pyrrole nitrogens is 2. The number of alkyl halides is 20. The fourth-order valence-corrected chi connectivity index (χ4v) is 9.01. The zero-order valence-electron chi connectivity index (χ0n) is 55.6. The number of hydrogen-bond donors (Lipinski definition) is 2. The Morgan fingerprint density at radius 2 is 0.864 bits per heavy atom. The van der Waals surface area contributed by atoms with Crippen molar-refractivity contribution in [3.8, 4) is 56.3 Å². The van der Waals surface area contributed by atoms with E-state index in [2.05, 4.69) is 88.0 Å². The summed E-state index contributed by atoms with van der Waals surface area (Å²) in [5.41, 5.74) is 1.09. The number of aryl methyl sites for hydroxylation is 3. The quantitative estimate of drug-likeness (QED) is 0.0326. The monoisotopic (exact) mass is 1910 g/mol. The molecule has 0 aliphatic heterocycles. The van der Waals surface area contributed by atoms with Crippen LogP contribution in [0.1, 0.15) is 46.5 Å². The Labute approximate surface area is 657 Å². The minimum atomic E-state index is -4.40. The standard InChI is InChI=1S/C11H8F3IN2.2C11H9F3N2.2C10H7F3N2.C9H6BrF3O.C4H9ClOS.I2.Na.H/c1-17-6-9(16-10(17)15)7-3-2-4-8(5-7)11(12,13)14;2*1-16-6-10(15-7-16)8-3-2-4-9(5-8)11(12,13)14;2*11-10(12,13)8-3-1-2-7(4-8)9-5-14-6-15-9;10-5-8(14)6-2-1-3-7(4-6)9(11,12)13;1-7-3-2-6-4-5;1-2;;/h2-6H,1H3;2*2-7H,1H3;2*1-6H,(H,14,15);1-4H,5H2;2-4H2,1H3;;;/q;;;;;;;;+1;-1/i;;;;;;1T;;;. The minimum absolute atomic E-state index is 0. The molecule has 11 rings (SSSR count). The van der Waals surface area contributed by atoms with Crippen LogP contribution in [0.4, 0.5) is 79.0 Å². The summed E-state index contributed by atoms with van der Waals surface area (Å²) in [6.45, 7) is 0.660. The SMILES string of the molecule is Cn1cc(-c2cccc(C(F)(F)F)c2)nc1I.Cn1cnc(-c2cccc(C(F)(F)F)c2)c1.Cn1cnc(-c2cccc(C(F)(F)F)c2)c1.FC(F)(F)c1cccc(-c2cnc[nH]2)c1.FC(F)(F)c1cccc(-c2cnc[nH]2)c1.II.O=C(CBr)c1cccc(C(F)(F)F)c1.[3H]CSCCOCCl.[H-].[Na+]. The molecule has 0 aliphatic rings. The Morgan fingerprint density at radius 3 is 1.15 bits per heavy atom. The van der Waals surface area contributed by atoms with Crippen molar-refractivity contribution in [3.63, 3.8) is 0 Å². The summed E-state index contributed by atoms with van der Waals surface area (Å²) in [6, 6.07) is 30.3. The van der Waals surface area contributed by atoms with Crippen molar-refractivity contribution in [2.45, 2.75) is 37.1 Å². The molecular formula is C66H56BrClF18I3N10NaO2S. The van der Waals surface area contributed by atoms with E-state index < -0.39 is 70.4 Å². The van der Waals surface area contributed by atoms with Gasteiger partial charge < -0.3 is 29.8 Å². The number of Topliss-reactive ketones (excluding diaryl/α,β-unsaturated/α-hetero) is 1. The van der Waals surface area contributed by atoms with Gasteiger partial charge in [0.1, 0.15) is 6.07 Å². The predicted molar refractivity (Wildman–Crippen MR) is 385 cm³/mol. The molecule has 103 heavy (non-hydrogen) atoms. The van der Waals surface area contributed by atoms with E-state index in [1.165, 1.54) is 79.3 Å². The fraction of sp³-hybridized carbons (Fsp3) is 0.212. The molecule has 0 saturated heterocycles. The van der Waals surface area contributed by atoms with E-state index in [0.29, 0.717) is 69.1 Å². The van der Waals surface area contributed by atoms with Gasteiger partial charge in [0, 0.05) is 117 Å². The van der Waals surface area contributed by atoms with Gasteiger partial charge in [0.2, 0.25) is 0 Å². The molecule has 5 aromatic heterocycles. The number of nitrogens with one attached hydrogen (secondary N) is 2. The fourth-order valence-electron chi connectivity index (χ4n) is 7.94. The molecule has 5 heterocycles. The molecule has 0 atom stereocenters. The van der Waals surface area contributed by atoms with E-state index in [1.54, 1.807) is 96.4 Å². The Hall–Kier alpha value is -5.95. The third-order valence-electron chi connectivity index (χ3n) is 12.8. The summed E-state index contributed by atoms with van der Waals surface area (Å²) in [5, 5.41) is 0.0221. The molecule has 0 bridgehead atoms. The Balaban J connectivity index is 0.000000416. The van der Waals surface area contributed by atoms with Crippen LogP contribution in [0.15, 0.2) is 202 Å². The second-order valence-electron chi connectivity index (χ2n) is 20.2. The van der Waals surface area contributed by atoms with Crippen molar-refractivity contribution in [2.24, 2.45) is 21.1 Å². The second kappa shape index (κ2) is 43.0. The van der Waals surface area contributed by atoms with Crippen molar-refractivity contribution < 1.29 is 121 Å². The van der Waals surface area contributed by atoms with Crippen molar-refractivity contribution in [2.75, 3.05) is 30.0 Å². The third-order valence-corrected chi connectivity index (χ3v) is 14.9. The van der Waals surface area contributed by atoms with Gasteiger partial charge in [-0.3, -0.25) is 4.79 Å². The molecule has 0 fully saturated rings. The van der Waals surface area contributed by atoms with Crippen molar-refractivity contribution >= 4 is 105 Å². The summed E-state index contributed by atoms with van der Waals surface area (Å²) in [5.74, 6) is 0.507. The van der Waals surface area contributed by atoms with E-state index in [9.17, 15) is 83.8 Å². The maximum Gasteiger partial charge on any atom is 1.00 e. The van der Waals surface area contributed by atoms with Crippen LogP contribution in [0.2, 0.25) is 0 Å². The zero-order chi connectivity index (χ0) is 76.9. The van der Waals surface area contributed by atoms with Gasteiger partial charge in [0.25, 0.3) is 0 Å². The zero-order valence-corrected chi connectivity index (χ0v) is 65.2. The molecule has 550 valence electrons. The molecule has 0 aliphatic carbocycles. The van der Waals surface area contributed by atoms with Crippen LogP contribution in [0, 0.1) is 3.83 Å². The van der Waals surface area contributed by atoms with Gasteiger partial charge >= 0.3 is 66.6 Å². The number of thioether (sulfide) groups is 1. The second-order valence-corrected chi connectivity index (χ2v) is 22.8. The van der Waals surface area contributed by atoms with Crippen LogP contribution in [-0.2, 0) is 62.9 Å². The molecule has 0 amide bonds. The molecule has 0 unspecified atom stereocenters. The van der Waals surface area contributed by atoms with E-state index in [4.69, 9.17) is 17.7 Å². The number of nitrogens with zero attached hydrogens (tertiary/aromatic N) is 8. The number of hydrogen-bond acceptors (Lipinski definition) is 8. The first kappa shape index (κ1) is 89.4. The maximum atomic E-state index is 12.5. The minimum Gasteiger partial charge on any atom is -1.00 e. The number of halogens is 23. The smallest absolute Gasteiger partial charge is 1.00 e. The van der Waals surface area contributed by atoms with E-state index in [0.717, 1.165) is 82.4 Å². The van der Waals surface area contributed by atoms with Crippen LogP contribution < -0.4 is 29.6 Å². The van der Waals surface area contributed by atoms with Gasteiger partial charge in [0.05, 0.1) is 111 Å². The van der Waals surface area contributed by atoms with Crippen molar-refractivity contribution in [3.05, 3.63) is 245 Å². The number of rotatable bonds is 11. The van der Waals surface area contributed by atoms with Crippen LogP contribution >= 0.6 is 99.1 Å². The van der Waals surface area contributed by atoms with Crippen molar-refractivity contribution in [1.29, 1.82) is 0 Å². The molecule has 6 aromatic carbocycles. The van der Waals surface area contributed by atoms with Gasteiger partial charge in [-0.05, 0) is 102 Å². The normalized spacial score (nSPS) is 11.4. The molecule has 11 aromatic rings. The van der Waals surface area contributed by atoms with Crippen molar-refractivity contribution in [1.82, 2.24) is 48.6 Å². The number of imidazole rings is 5. The average Bonchev–Trinajstić information content (AvgIpc) is 1.80. The van der Waals surface area contributed by atoms with Crippen LogP contribution in [0.25, 0.3) is 56.3 Å². The molecule has 12 nitrogen and oxygen atoms in total. The van der Waals surface area contributed by atoms with Crippen LogP contribution in [0.3, 0.4) is 0 Å². The maximum absolute atomic E-state index is 12.5. The van der Waals surface area contributed by atoms with Gasteiger partial charge in [0.15, 0.2) is 9.61 Å². The number of aromatic nitrogens is 10. The number of carbonyl (C=O) groups excluding carboxylic acids is 1. The van der Waals surface area contributed by atoms with Gasteiger partial charge in [-0.15, -0.1) is 0 Å². The summed E-state index contributed by atoms with van der Waals surface area (Å²) < 4.78 is 241. The van der Waals surface area contributed by atoms with E-state index >= 15 is 0 Å². The Bertz CT molecular complexity index is 4130. The number of aromatic amines is 2. The third kappa shape index (κ3) is 31.6. The van der Waals surface area contributed by atoms with E-state index in [-0.39, 0.29) is 53.7 Å². The summed E-state index contributed by atoms with van der Waals surface area (Å²) >= 11 is 15.9. The van der Waals surface area contributed by atoms with E-state index in [1.807, 2.05) is 22.6 Å². The van der Waals surface area contributed by atoms with Crippen LogP contribution in [0.5, 0.6) is 0 Å². The van der Waals surface area contributed by atoms with Crippen LogP contribution in [-0.4, -0.2) is 84.4 Å². The van der Waals surface area contributed by atoms with Gasteiger partial charge in [-0.25, -0.2) is 24.9 Å². The average molecular weight is 1920 g/mol.